The van der Waals surface area contributed by atoms with E-state index in [0.717, 1.165) is 0 Å². The van der Waals surface area contributed by atoms with Crippen molar-refractivity contribution >= 4 is 5.97 Å². The summed E-state index contributed by atoms with van der Waals surface area (Å²) in [5, 5.41) is 9.55. The maximum Gasteiger partial charge on any atom is 1.00 e. The quantitative estimate of drug-likeness (QED) is 0.358. The zero-order valence-electron chi connectivity index (χ0n) is 8.63. The number of carbonyl (C=O) groups excluding carboxylic acids is 1. The molecule has 0 atom stereocenters. The number of hydrogen-bond acceptors (Lipinski definition) is 3. The number of carboxylic acids is 1. The minimum absolute atomic E-state index is 0. The van der Waals surface area contributed by atoms with Crippen molar-refractivity contribution in [3.8, 4) is 0 Å². The Morgan fingerprint density at radius 1 is 0.947 bits per heavy atom. The Balaban J connectivity index is 0. The third kappa shape index (κ3) is 3.92. The van der Waals surface area contributed by atoms with Crippen molar-refractivity contribution in [2.24, 2.45) is 0 Å². The minimum atomic E-state index is -6.83. The molecule has 0 aliphatic rings. The van der Waals surface area contributed by atoms with Gasteiger partial charge in [0.15, 0.2) is 0 Å². The fourth-order valence-electron chi connectivity index (χ4n) is 0.526. The predicted molar refractivity (Wildman–Crippen MR) is 31.3 cm³/mol. The van der Waals surface area contributed by atoms with E-state index >= 15 is 0 Å². The van der Waals surface area contributed by atoms with Crippen LogP contribution in [-0.4, -0.2) is 23.9 Å². The topological polar surface area (TPSA) is 49.4 Å². The second-order valence-corrected chi connectivity index (χ2v) is 2.59. The van der Waals surface area contributed by atoms with Crippen molar-refractivity contribution in [2.45, 2.75) is 18.0 Å². The molecule has 0 amide bonds. The number of carbonyl (C=O) groups is 1. The molecule has 0 aromatic carbocycles. The summed E-state index contributed by atoms with van der Waals surface area (Å²) >= 11 is 0. The molecule has 3 nitrogen and oxygen atoms in total. The number of rotatable bonds is 5. The van der Waals surface area contributed by atoms with E-state index in [0.29, 0.717) is 0 Å². The minimum Gasteiger partial charge on any atom is -0.544 e. The van der Waals surface area contributed by atoms with Gasteiger partial charge in [-0.2, -0.15) is 39.5 Å². The van der Waals surface area contributed by atoms with Gasteiger partial charge in [0.25, 0.3) is 0 Å². The largest absolute Gasteiger partial charge is 1.00 e. The van der Waals surface area contributed by atoms with Gasteiger partial charge in [-0.3, -0.25) is 0 Å². The summed E-state index contributed by atoms with van der Waals surface area (Å²) in [6.45, 7) is 0. The summed E-state index contributed by atoms with van der Waals surface area (Å²) in [6.07, 6.45) is -10.2. The van der Waals surface area contributed by atoms with Crippen LogP contribution < -0.4 is 34.7 Å². The zero-order valence-corrected chi connectivity index (χ0v) is 10.6. The molecule has 106 valence electrons. The van der Waals surface area contributed by atoms with Gasteiger partial charge >= 0.3 is 59.6 Å². The standard InChI is InChI=1S/C6HF9O3.Na/c7-1(8)2(9)18-6(14,15)5(12,13)4(10,11)3(16)17;/h(H,16,17);/q;+1/p-1. The zero-order chi connectivity index (χ0) is 14.9. The van der Waals surface area contributed by atoms with Gasteiger partial charge in [0.1, 0.15) is 5.97 Å². The Bertz CT molecular complexity index is 376. The van der Waals surface area contributed by atoms with Gasteiger partial charge in [0.05, 0.1) is 0 Å². The normalized spacial score (nSPS) is 12.5. The average Bonchev–Trinajstić information content (AvgIpc) is 2.15. The van der Waals surface area contributed by atoms with E-state index in [1.165, 1.54) is 0 Å². The van der Waals surface area contributed by atoms with Crippen molar-refractivity contribution in [2.75, 3.05) is 0 Å². The molecule has 0 aliphatic carbocycles. The molecule has 0 bridgehead atoms. The van der Waals surface area contributed by atoms with Crippen molar-refractivity contribution in [3.05, 3.63) is 12.1 Å². The van der Waals surface area contributed by atoms with Gasteiger partial charge in [0, 0.05) is 0 Å². The fraction of sp³-hybridized carbons (Fsp3) is 0.500. The molecule has 13 heteroatoms. The van der Waals surface area contributed by atoms with Crippen molar-refractivity contribution < 1.29 is 83.7 Å². The molecule has 19 heavy (non-hydrogen) atoms. The Kier molecular flexibility index (Phi) is 6.77. The molecule has 0 rings (SSSR count). The van der Waals surface area contributed by atoms with Crippen LogP contribution in [0.25, 0.3) is 0 Å². The van der Waals surface area contributed by atoms with Crippen LogP contribution in [0, 0.1) is 0 Å². The fourth-order valence-corrected chi connectivity index (χ4v) is 0.526. The summed E-state index contributed by atoms with van der Waals surface area (Å²) in [5.41, 5.74) is 0. The summed E-state index contributed by atoms with van der Waals surface area (Å²) in [5.74, 6) is -17.2. The van der Waals surface area contributed by atoms with Crippen LogP contribution in [0.5, 0.6) is 0 Å². The predicted octanol–water partition coefficient (Wildman–Crippen LogP) is -1.34. The summed E-state index contributed by atoms with van der Waals surface area (Å²) < 4.78 is 110. The molecule has 0 radical (unpaired) electrons. The monoisotopic (exact) mass is 314 g/mol. The van der Waals surface area contributed by atoms with E-state index in [1.54, 1.807) is 0 Å². The second-order valence-electron chi connectivity index (χ2n) is 2.59. The van der Waals surface area contributed by atoms with Gasteiger partial charge in [-0.1, -0.05) is 0 Å². The molecule has 0 N–H and O–H groups in total. The van der Waals surface area contributed by atoms with Gasteiger partial charge in [-0.25, -0.2) is 0 Å². The number of alkyl halides is 6. The first-order valence-corrected chi connectivity index (χ1v) is 3.52. The van der Waals surface area contributed by atoms with E-state index < -0.39 is 36.0 Å². The van der Waals surface area contributed by atoms with Gasteiger partial charge < -0.3 is 14.6 Å². The molecule has 0 saturated heterocycles. The second kappa shape index (κ2) is 6.22. The van der Waals surface area contributed by atoms with Crippen LogP contribution in [0.4, 0.5) is 39.5 Å². The third-order valence-corrected chi connectivity index (χ3v) is 1.38. The Morgan fingerprint density at radius 2 is 1.32 bits per heavy atom. The van der Waals surface area contributed by atoms with Crippen LogP contribution in [0.3, 0.4) is 0 Å². The Labute approximate surface area is 120 Å². The van der Waals surface area contributed by atoms with E-state index in [2.05, 4.69) is 0 Å². The first-order valence-electron chi connectivity index (χ1n) is 3.52. The Morgan fingerprint density at radius 3 is 1.58 bits per heavy atom. The van der Waals surface area contributed by atoms with Gasteiger partial charge in [-0.05, 0) is 0 Å². The van der Waals surface area contributed by atoms with Crippen LogP contribution in [0.15, 0.2) is 12.1 Å². The third-order valence-electron chi connectivity index (χ3n) is 1.38. The van der Waals surface area contributed by atoms with Crippen LogP contribution >= 0.6 is 0 Å². The SMILES string of the molecule is O=C([O-])C(F)(F)C(F)(F)C(F)(F)OC(F)=C(F)F.[Na+]. The molecule has 0 spiro atoms. The molecule has 0 heterocycles. The van der Waals surface area contributed by atoms with E-state index in [-0.39, 0.29) is 29.6 Å². The molecule has 0 aromatic heterocycles. The maximum atomic E-state index is 12.4. The molecule has 0 aliphatic heterocycles. The summed E-state index contributed by atoms with van der Waals surface area (Å²) in [7, 11) is 0. The molecule has 0 fully saturated rings. The molecule has 0 saturated carbocycles. The summed E-state index contributed by atoms with van der Waals surface area (Å²) in [4.78, 5) is 9.55. The number of aliphatic carboxylic acids is 1. The number of ether oxygens (including phenoxy) is 1. The summed E-state index contributed by atoms with van der Waals surface area (Å²) in [6, 6.07) is -3.56. The van der Waals surface area contributed by atoms with E-state index in [4.69, 9.17) is 0 Å². The van der Waals surface area contributed by atoms with E-state index in [1.807, 2.05) is 4.74 Å². The van der Waals surface area contributed by atoms with Gasteiger partial charge in [0.2, 0.25) is 0 Å². The Hall–Kier alpha value is -0.620. The number of halogens is 9. The van der Waals surface area contributed by atoms with Gasteiger partial charge in [-0.15, -0.1) is 0 Å². The average molecular weight is 314 g/mol. The number of carboxylic acid groups (broad SMARTS) is 1. The van der Waals surface area contributed by atoms with Crippen molar-refractivity contribution in [1.29, 1.82) is 0 Å². The molecule has 0 unspecified atom stereocenters. The van der Waals surface area contributed by atoms with Crippen molar-refractivity contribution in [1.82, 2.24) is 0 Å². The number of hydrogen-bond donors (Lipinski definition) is 0. The first kappa shape index (κ1) is 20.7. The van der Waals surface area contributed by atoms with E-state index in [9.17, 15) is 49.4 Å². The molecular formula is C6F9NaO3. The van der Waals surface area contributed by atoms with Crippen LogP contribution in [0.1, 0.15) is 0 Å². The maximum absolute atomic E-state index is 12.4. The first-order chi connectivity index (χ1) is 7.77. The van der Waals surface area contributed by atoms with Crippen molar-refractivity contribution in [3.63, 3.8) is 0 Å². The molecular weight excluding hydrogens is 314 g/mol. The van der Waals surface area contributed by atoms with Crippen LogP contribution in [0.2, 0.25) is 0 Å². The smallest absolute Gasteiger partial charge is 0.544 e. The molecule has 0 aromatic rings. The van der Waals surface area contributed by atoms with Crippen LogP contribution in [-0.2, 0) is 9.53 Å².